The molecule has 0 amide bonds. The number of alkyl halides is 3. The maximum Gasteiger partial charge on any atom is 1.00 e. The molecule has 1 saturated carbocycles. The van der Waals surface area contributed by atoms with Gasteiger partial charge in [0.15, 0.2) is 14.1 Å². The number of carboxylic acid groups (broad SMARTS) is 1. The van der Waals surface area contributed by atoms with Crippen molar-refractivity contribution >= 4 is 63.2 Å². The molecule has 4 unspecified atom stereocenters. The van der Waals surface area contributed by atoms with Gasteiger partial charge in [-0.15, -0.1) is 0 Å². The van der Waals surface area contributed by atoms with Crippen LogP contribution in [0.4, 0.5) is 13.2 Å². The smallest absolute Gasteiger partial charge is 1.00 e. The molecule has 4 N–H and O–H groups in total. The van der Waals surface area contributed by atoms with Crippen LogP contribution in [-0.4, -0.2) is 103 Å². The van der Waals surface area contributed by atoms with Crippen LogP contribution in [0.5, 0.6) is 0 Å². The minimum Gasteiger partial charge on any atom is -1.00 e. The van der Waals surface area contributed by atoms with Gasteiger partial charge in [-0.05, 0) is 165 Å². The number of rotatable bonds is 9. The standard InChI is InChI=1S/C13H28OSi.C13H24OSi.C7H15F3O3SSi.C7H12O2.C7H10O.C4H6O2.C3H8O.Li.H2O4S.H/c2*1-10-8-12(9-11(10)2)14-15(6,7)13(3,4)5;1-6(2,3)15(4,5)13-14(11,12)7(8,9)10;1-4-5-7(8)9-6(2)3;1-5-3-7(8)4-6(5)2;1-2-3-4(5)6;1-3(2)4;;1-5(2,3)4;/h10-12H,8-9H2,1-7H3;8-10H,1-7H3;1-5H3;4-6H,1-3H3;3,6H,4H2,1-2H3;2-3H,1H3,(H,5,6);3-4H,1-2H3;;(H2,1,2,3,4);/q;;;;;;;+1;;-1/b;;;5-4+;;3-2+;;;;. The van der Waals surface area contributed by atoms with Gasteiger partial charge in [0.2, 0.25) is 16.6 Å². The van der Waals surface area contributed by atoms with E-state index in [2.05, 4.69) is 118 Å². The van der Waals surface area contributed by atoms with Crippen LogP contribution < -0.4 is 18.9 Å². The molecule has 0 aromatic rings. The number of aliphatic hydroxyl groups is 1. The van der Waals surface area contributed by atoms with Gasteiger partial charge in [-0.25, -0.2) is 9.59 Å². The predicted octanol–water partition coefficient (Wildman–Crippen LogP) is 12.3. The molecule has 3 rings (SSSR count). The van der Waals surface area contributed by atoms with Crippen LogP contribution in [0.2, 0.25) is 54.4 Å². The minimum atomic E-state index is -5.48. The molecule has 3 aliphatic rings. The van der Waals surface area contributed by atoms with Crippen LogP contribution in [0.1, 0.15) is 166 Å². The first-order valence-corrected chi connectivity index (χ1v) is 37.4. The van der Waals surface area contributed by atoms with Gasteiger partial charge in [-0.3, -0.25) is 13.9 Å². The zero-order valence-electron chi connectivity index (χ0n) is 53.9. The molecule has 0 radical (unpaired) electrons. The number of hydrogen-bond acceptors (Lipinski definition) is 12. The van der Waals surface area contributed by atoms with Crippen molar-refractivity contribution in [1.82, 2.24) is 0 Å². The third kappa shape index (κ3) is 42.7. The molecule has 0 spiro atoms. The third-order valence-corrected chi connectivity index (χ3v) is 28.9. The fourth-order valence-electron chi connectivity index (χ4n) is 5.29. The van der Waals surface area contributed by atoms with E-state index in [1.165, 1.54) is 49.2 Å². The van der Waals surface area contributed by atoms with Crippen LogP contribution in [0.15, 0.2) is 59.4 Å². The Labute approximate surface area is 487 Å². The van der Waals surface area contributed by atoms with E-state index < -0.39 is 62.0 Å². The fraction of sp³-hybridized carbons (Fsp3) is 0.759. The average Bonchev–Trinajstić information content (AvgIpc) is 3.75. The van der Waals surface area contributed by atoms with E-state index in [4.69, 9.17) is 41.3 Å². The molecule has 1 fully saturated rings. The summed E-state index contributed by atoms with van der Waals surface area (Å²) >= 11 is 0. The summed E-state index contributed by atoms with van der Waals surface area (Å²) in [6, 6.07) is 0. The van der Waals surface area contributed by atoms with Crippen molar-refractivity contribution in [2.24, 2.45) is 23.7 Å². The number of carboxylic acids is 1. The molecule has 0 heterocycles. The van der Waals surface area contributed by atoms with E-state index >= 15 is 0 Å². The molecule has 458 valence electrons. The Morgan fingerprint density at radius 3 is 1.31 bits per heavy atom. The van der Waals surface area contributed by atoms with Gasteiger partial charge < -0.3 is 29.1 Å². The maximum absolute atomic E-state index is 12.1. The monoisotopic (exact) mass is 1210 g/mol. The molecule has 0 aromatic heterocycles. The first-order chi connectivity index (χ1) is 33.8. The van der Waals surface area contributed by atoms with E-state index in [9.17, 15) is 36.0 Å². The van der Waals surface area contributed by atoms with E-state index in [-0.39, 0.29) is 49.3 Å². The van der Waals surface area contributed by atoms with Gasteiger partial charge in [0.05, 0.1) is 11.9 Å². The van der Waals surface area contributed by atoms with Crippen LogP contribution in [0.25, 0.3) is 0 Å². The molecule has 24 heteroatoms. The number of aliphatic carboxylic acids is 1. The van der Waals surface area contributed by atoms with E-state index in [1.54, 1.807) is 60.6 Å². The van der Waals surface area contributed by atoms with Crippen molar-refractivity contribution in [3.8, 4) is 0 Å². The van der Waals surface area contributed by atoms with E-state index in [0.717, 1.165) is 30.1 Å². The summed E-state index contributed by atoms with van der Waals surface area (Å²) in [5, 5.41) is 15.9. The Morgan fingerprint density at radius 2 is 1.09 bits per heavy atom. The SMILES string of the molecule is C/C=C/C(=O)O.C/C=C/C(=O)OC(C)C.CC(C)(C)[Si](C)(C)OS(=O)(=O)C(F)(F)F.CC(C)O.CC1=CC(=O)CC1C.CC1=CC(O[Si](C)(C)C(C)(C)C)=CC1C.CC1CC(O[Si](C)(C)C(C)(C)C)CC1C.O=S(=O)(O)O.[H-].[Li+]. The number of allylic oxidation sites excluding steroid dienone is 7. The van der Waals surface area contributed by atoms with E-state index in [1.807, 2.05) is 20.8 Å². The van der Waals surface area contributed by atoms with Crippen LogP contribution in [-0.2, 0) is 52.4 Å². The Kier molecular flexibility index (Phi) is 41.5. The first kappa shape index (κ1) is 87.1. The normalized spacial score (nSPS) is 19.8. The van der Waals surface area contributed by atoms with Gasteiger partial charge in [-0.2, -0.15) is 30.0 Å². The summed E-state index contributed by atoms with van der Waals surface area (Å²) in [4.78, 5) is 30.6. The molecule has 0 aliphatic heterocycles. The predicted molar refractivity (Wildman–Crippen MR) is 316 cm³/mol. The molecule has 0 bridgehead atoms. The number of halogens is 3. The number of hydrogen-bond donors (Lipinski definition) is 4. The van der Waals surface area contributed by atoms with Gasteiger partial charge >= 0.3 is 56.8 Å². The van der Waals surface area contributed by atoms with Crippen molar-refractivity contribution in [3.05, 3.63) is 59.4 Å². The Morgan fingerprint density at radius 1 is 0.718 bits per heavy atom. The number of ketones is 1. The van der Waals surface area contributed by atoms with Crippen molar-refractivity contribution in [2.75, 3.05) is 0 Å². The molecular weight excluding hydrogens is 1100 g/mol. The third-order valence-electron chi connectivity index (χ3n) is 13.2. The Bertz CT molecular complexity index is 2160. The Hall–Kier alpha value is -2.15. The number of carbonyl (C=O) groups is 3. The fourth-order valence-corrected chi connectivity index (χ4v) is 11.3. The van der Waals surface area contributed by atoms with Crippen molar-refractivity contribution in [2.45, 2.75) is 243 Å². The quantitative estimate of drug-likeness (QED) is 0.0552. The topological polar surface area (TPSA) is 237 Å². The second kappa shape index (κ2) is 37.1. The Balaban J connectivity index is -0.000000155. The first-order valence-electron chi connectivity index (χ1n) is 25.9. The molecule has 15 nitrogen and oxygen atoms in total. The van der Waals surface area contributed by atoms with Gasteiger partial charge in [0.1, 0.15) is 0 Å². The number of aliphatic hydroxyl groups excluding tert-OH is 1. The zero-order chi connectivity index (χ0) is 62.9. The van der Waals surface area contributed by atoms with Gasteiger partial charge in [-0.1, -0.05) is 113 Å². The van der Waals surface area contributed by atoms with Crippen LogP contribution >= 0.6 is 0 Å². The zero-order valence-corrected chi connectivity index (χ0v) is 57.6. The van der Waals surface area contributed by atoms with Gasteiger partial charge in [0, 0.05) is 30.8 Å². The van der Waals surface area contributed by atoms with Crippen molar-refractivity contribution in [1.29, 1.82) is 0 Å². The second-order valence-corrected chi connectivity index (χ2v) is 41.5. The van der Waals surface area contributed by atoms with E-state index in [0.29, 0.717) is 23.0 Å². The van der Waals surface area contributed by atoms with Gasteiger partial charge in [0.25, 0.3) is 0 Å². The number of ether oxygens (including phenoxy) is 1. The molecule has 0 aromatic carbocycles. The average molecular weight is 1210 g/mol. The molecule has 4 atom stereocenters. The summed E-state index contributed by atoms with van der Waals surface area (Å²) in [6.07, 6.45) is 15.4. The molecule has 0 saturated heterocycles. The summed E-state index contributed by atoms with van der Waals surface area (Å²) < 4.78 is 111. The largest absolute Gasteiger partial charge is 1.00 e. The summed E-state index contributed by atoms with van der Waals surface area (Å²) in [7, 11) is -16.3. The minimum absolute atomic E-state index is 0. The van der Waals surface area contributed by atoms with Crippen molar-refractivity contribution < 1.29 is 101 Å². The van der Waals surface area contributed by atoms with Crippen molar-refractivity contribution in [3.63, 3.8) is 0 Å². The second-order valence-electron chi connectivity index (χ2n) is 24.6. The number of carbonyl (C=O) groups excluding carboxylic acids is 2. The molecule has 78 heavy (non-hydrogen) atoms. The maximum atomic E-state index is 12.1. The molecular formula is C54H106F3LiO15S2Si3. The molecule has 3 aliphatic carbocycles. The van der Waals surface area contributed by atoms with Crippen LogP contribution in [0.3, 0.4) is 0 Å². The summed E-state index contributed by atoms with van der Waals surface area (Å²) in [5.41, 5.74) is -2.71. The summed E-state index contributed by atoms with van der Waals surface area (Å²) in [5.74, 6) is 2.96. The van der Waals surface area contributed by atoms with Crippen LogP contribution in [0, 0.1) is 23.7 Å². The number of esters is 1. The summed E-state index contributed by atoms with van der Waals surface area (Å²) in [6.45, 7) is 54.7.